The van der Waals surface area contributed by atoms with Crippen LogP contribution in [0.15, 0.2) is 48.5 Å². The van der Waals surface area contributed by atoms with E-state index in [0.29, 0.717) is 12.8 Å². The first-order valence-corrected chi connectivity index (χ1v) is 8.77. The molecule has 0 fully saturated rings. The van der Waals surface area contributed by atoms with E-state index in [4.69, 9.17) is 0 Å². The molecule has 0 saturated heterocycles. The van der Waals surface area contributed by atoms with Gasteiger partial charge in [-0.25, -0.2) is 4.39 Å². The summed E-state index contributed by atoms with van der Waals surface area (Å²) in [5.74, 6) is -0.0906. The smallest absolute Gasteiger partial charge is 0.223 e. The second-order valence-corrected chi connectivity index (χ2v) is 6.70. The van der Waals surface area contributed by atoms with Gasteiger partial charge in [-0.1, -0.05) is 30.3 Å². The van der Waals surface area contributed by atoms with Crippen LogP contribution in [0.4, 0.5) is 4.39 Å². The van der Waals surface area contributed by atoms with Gasteiger partial charge in [-0.15, -0.1) is 0 Å². The summed E-state index contributed by atoms with van der Waals surface area (Å²) in [4.78, 5) is 18.2. The number of H-pyrrole nitrogens is 1. The molecule has 1 aliphatic rings. The predicted octanol–water partition coefficient (Wildman–Crippen LogP) is 4.39. The van der Waals surface area contributed by atoms with E-state index in [2.05, 4.69) is 30.1 Å². The van der Waals surface area contributed by atoms with Gasteiger partial charge in [0, 0.05) is 29.6 Å². The summed E-state index contributed by atoms with van der Waals surface area (Å²) in [6.45, 7) is 2.83. The Bertz CT molecular complexity index is 913. The maximum atomic E-state index is 13.0. The van der Waals surface area contributed by atoms with Gasteiger partial charge in [0.1, 0.15) is 5.82 Å². The van der Waals surface area contributed by atoms with Crippen molar-refractivity contribution >= 4 is 16.8 Å². The molecule has 0 bridgehead atoms. The Kier molecular flexibility index (Phi) is 4.04. The zero-order valence-electron chi connectivity index (χ0n) is 14.3. The number of rotatable bonds is 3. The van der Waals surface area contributed by atoms with E-state index in [9.17, 15) is 9.18 Å². The third-order valence-corrected chi connectivity index (χ3v) is 5.20. The van der Waals surface area contributed by atoms with Gasteiger partial charge in [0.2, 0.25) is 5.91 Å². The maximum Gasteiger partial charge on any atom is 0.223 e. The third-order valence-electron chi connectivity index (χ3n) is 5.20. The van der Waals surface area contributed by atoms with Crippen LogP contribution in [0.1, 0.15) is 36.2 Å². The molecule has 3 nitrogen and oxygen atoms in total. The Labute approximate surface area is 146 Å². The summed E-state index contributed by atoms with van der Waals surface area (Å²) in [6, 6.07) is 14.7. The van der Waals surface area contributed by atoms with Gasteiger partial charge in [0.15, 0.2) is 0 Å². The molecule has 1 N–H and O–H groups in total. The molecule has 4 heteroatoms. The molecule has 0 radical (unpaired) electrons. The molecule has 2 aromatic carbocycles. The number of halogens is 1. The van der Waals surface area contributed by atoms with Crippen molar-refractivity contribution in [2.75, 3.05) is 6.54 Å². The van der Waals surface area contributed by atoms with Crippen LogP contribution in [0.3, 0.4) is 0 Å². The van der Waals surface area contributed by atoms with Crippen molar-refractivity contribution in [3.8, 4) is 0 Å². The number of amides is 1. The Balaban J connectivity index is 1.49. The minimum atomic E-state index is -0.244. The van der Waals surface area contributed by atoms with E-state index in [-0.39, 0.29) is 17.8 Å². The van der Waals surface area contributed by atoms with Crippen molar-refractivity contribution in [3.05, 3.63) is 71.2 Å². The molecule has 25 heavy (non-hydrogen) atoms. The monoisotopic (exact) mass is 336 g/mol. The van der Waals surface area contributed by atoms with E-state index < -0.39 is 0 Å². The number of para-hydroxylation sites is 1. The number of hydrogen-bond donors (Lipinski definition) is 1. The Morgan fingerprint density at radius 3 is 2.76 bits per heavy atom. The van der Waals surface area contributed by atoms with Gasteiger partial charge in [-0.3, -0.25) is 4.79 Å². The van der Waals surface area contributed by atoms with Crippen molar-refractivity contribution in [2.24, 2.45) is 0 Å². The van der Waals surface area contributed by atoms with Crippen LogP contribution in [-0.2, 0) is 17.6 Å². The number of aromatic amines is 1. The number of carbonyl (C=O) groups is 1. The van der Waals surface area contributed by atoms with Crippen molar-refractivity contribution in [1.82, 2.24) is 9.88 Å². The number of aromatic nitrogens is 1. The fraction of sp³-hybridized carbons (Fsp3) is 0.286. The fourth-order valence-electron chi connectivity index (χ4n) is 3.82. The van der Waals surface area contributed by atoms with Gasteiger partial charge in [-0.05, 0) is 49.1 Å². The van der Waals surface area contributed by atoms with Crippen molar-refractivity contribution in [2.45, 2.75) is 32.2 Å². The molecule has 0 spiro atoms. The molecule has 2 heterocycles. The summed E-state index contributed by atoms with van der Waals surface area (Å²) in [7, 11) is 0. The summed E-state index contributed by atoms with van der Waals surface area (Å²) in [6.07, 6.45) is 1.97. The molecular weight excluding hydrogens is 315 g/mol. The van der Waals surface area contributed by atoms with Gasteiger partial charge < -0.3 is 9.88 Å². The summed E-state index contributed by atoms with van der Waals surface area (Å²) in [5, 5.41) is 1.27. The molecule has 1 atom stereocenters. The van der Waals surface area contributed by atoms with Gasteiger partial charge >= 0.3 is 0 Å². The van der Waals surface area contributed by atoms with E-state index in [0.717, 1.165) is 29.7 Å². The normalized spacial score (nSPS) is 16.9. The predicted molar refractivity (Wildman–Crippen MR) is 96.9 cm³/mol. The minimum absolute atomic E-state index is 0.0527. The number of hydrogen-bond acceptors (Lipinski definition) is 1. The average molecular weight is 336 g/mol. The summed E-state index contributed by atoms with van der Waals surface area (Å²) in [5.41, 5.74) is 4.62. The quantitative estimate of drug-likeness (QED) is 0.757. The molecule has 0 unspecified atom stereocenters. The SMILES string of the molecule is C[C@@H]1c2[nH]c3ccccc3c2CCN1C(=O)CCc1ccc(F)cc1. The number of benzene rings is 2. The largest absolute Gasteiger partial charge is 0.356 e. The second kappa shape index (κ2) is 6.36. The maximum absolute atomic E-state index is 13.0. The van der Waals surface area contributed by atoms with Crippen molar-refractivity contribution in [3.63, 3.8) is 0 Å². The second-order valence-electron chi connectivity index (χ2n) is 6.70. The number of aryl methyl sites for hydroxylation is 1. The van der Waals surface area contributed by atoms with Crippen LogP contribution >= 0.6 is 0 Å². The van der Waals surface area contributed by atoms with Crippen LogP contribution in [0.25, 0.3) is 10.9 Å². The summed E-state index contributed by atoms with van der Waals surface area (Å²) >= 11 is 0. The van der Waals surface area contributed by atoms with Gasteiger partial charge in [-0.2, -0.15) is 0 Å². The molecule has 1 aromatic heterocycles. The van der Waals surface area contributed by atoms with Gasteiger partial charge in [0.05, 0.1) is 6.04 Å². The van der Waals surface area contributed by atoms with Crippen LogP contribution < -0.4 is 0 Å². The Morgan fingerprint density at radius 1 is 1.20 bits per heavy atom. The third kappa shape index (κ3) is 2.93. The summed E-state index contributed by atoms with van der Waals surface area (Å²) < 4.78 is 13.0. The fourth-order valence-corrected chi connectivity index (χ4v) is 3.82. The first kappa shape index (κ1) is 15.9. The van der Waals surface area contributed by atoms with Gasteiger partial charge in [0.25, 0.3) is 0 Å². The van der Waals surface area contributed by atoms with E-state index >= 15 is 0 Å². The Morgan fingerprint density at radius 2 is 1.96 bits per heavy atom. The molecule has 1 amide bonds. The lowest BCUT2D eigenvalue weighted by molar-refractivity contribution is -0.133. The topological polar surface area (TPSA) is 36.1 Å². The van der Waals surface area contributed by atoms with E-state index in [1.54, 1.807) is 12.1 Å². The molecule has 4 rings (SSSR count). The highest BCUT2D eigenvalue weighted by molar-refractivity contribution is 5.86. The van der Waals surface area contributed by atoms with Crippen LogP contribution in [0.5, 0.6) is 0 Å². The molecular formula is C21H21FN2O. The molecule has 3 aromatic rings. The highest BCUT2D eigenvalue weighted by Crippen LogP contribution is 2.34. The van der Waals surface area contributed by atoms with Crippen LogP contribution in [0, 0.1) is 5.82 Å². The van der Waals surface area contributed by atoms with E-state index in [1.807, 2.05) is 11.0 Å². The number of nitrogens with one attached hydrogen (secondary N) is 1. The minimum Gasteiger partial charge on any atom is -0.356 e. The molecule has 0 aliphatic carbocycles. The standard InChI is InChI=1S/C21H21FN2O/c1-14-21-18(17-4-2-3-5-19(17)23-21)12-13-24(14)20(25)11-8-15-6-9-16(22)10-7-15/h2-7,9-10,14,23H,8,11-13H2,1H3/t14-/m1/s1. The Hall–Kier alpha value is -2.62. The molecule has 128 valence electrons. The van der Waals surface area contributed by atoms with Crippen molar-refractivity contribution in [1.29, 1.82) is 0 Å². The molecule has 1 aliphatic heterocycles. The average Bonchev–Trinajstić information content (AvgIpc) is 3.01. The first-order valence-electron chi connectivity index (χ1n) is 8.77. The highest BCUT2D eigenvalue weighted by atomic mass is 19.1. The highest BCUT2D eigenvalue weighted by Gasteiger charge is 2.29. The number of nitrogens with zero attached hydrogens (tertiary/aromatic N) is 1. The number of fused-ring (bicyclic) bond motifs is 3. The first-order chi connectivity index (χ1) is 12.1. The number of carbonyl (C=O) groups excluding carboxylic acids is 1. The van der Waals surface area contributed by atoms with Crippen molar-refractivity contribution < 1.29 is 9.18 Å². The zero-order valence-corrected chi connectivity index (χ0v) is 14.3. The zero-order chi connectivity index (χ0) is 17.4. The van der Waals surface area contributed by atoms with Crippen LogP contribution in [0.2, 0.25) is 0 Å². The lowest BCUT2D eigenvalue weighted by Gasteiger charge is -2.33. The molecule has 0 saturated carbocycles. The lowest BCUT2D eigenvalue weighted by Crippen LogP contribution is -2.38. The van der Waals surface area contributed by atoms with Crippen LogP contribution in [-0.4, -0.2) is 22.3 Å². The lowest BCUT2D eigenvalue weighted by atomic mass is 9.97. The van der Waals surface area contributed by atoms with E-state index in [1.165, 1.54) is 23.1 Å².